The summed E-state index contributed by atoms with van der Waals surface area (Å²) in [5.41, 5.74) is -0.924. The third kappa shape index (κ3) is 3.92. The molecule has 124 valence electrons. The molecule has 1 saturated heterocycles. The van der Waals surface area contributed by atoms with Crippen LogP contribution in [-0.4, -0.2) is 35.7 Å². The van der Waals surface area contributed by atoms with E-state index in [4.69, 9.17) is 9.16 Å². The molecule has 1 aliphatic rings. The van der Waals surface area contributed by atoms with E-state index in [0.717, 1.165) is 0 Å². The number of aromatic amines is 1. The lowest BCUT2D eigenvalue weighted by molar-refractivity contribution is -0.00421. The summed E-state index contributed by atoms with van der Waals surface area (Å²) in [6, 6.07) is 1.33. The van der Waals surface area contributed by atoms with Crippen LogP contribution in [-0.2, 0) is 9.16 Å². The third-order valence-corrected chi connectivity index (χ3v) is 9.88. The molecule has 0 radical (unpaired) electrons. The first-order valence-electron chi connectivity index (χ1n) is 7.33. The van der Waals surface area contributed by atoms with Gasteiger partial charge in [0.1, 0.15) is 11.7 Å². The maximum absolute atomic E-state index is 11.8. The predicted molar refractivity (Wildman–Crippen MR) is 90.8 cm³/mol. The average Bonchev–Trinajstić information content (AvgIpc) is 2.83. The molecule has 1 fully saturated rings. The fraction of sp³-hybridized carbons (Fsp3) is 0.714. The second kappa shape index (κ2) is 6.35. The van der Waals surface area contributed by atoms with Crippen LogP contribution in [0, 0.1) is 0 Å². The number of aromatic nitrogens is 2. The van der Waals surface area contributed by atoms with Gasteiger partial charge in [-0.1, -0.05) is 20.8 Å². The Morgan fingerprint density at radius 3 is 2.73 bits per heavy atom. The highest BCUT2D eigenvalue weighted by Gasteiger charge is 2.38. The van der Waals surface area contributed by atoms with Gasteiger partial charge in [-0.25, -0.2) is 4.79 Å². The molecule has 8 heteroatoms. The Hall–Kier alpha value is -0.833. The molecule has 2 rings (SSSR count). The molecule has 0 saturated carbocycles. The Morgan fingerprint density at radius 2 is 2.14 bits per heavy atom. The summed E-state index contributed by atoms with van der Waals surface area (Å²) in [4.78, 5) is 25.1. The Morgan fingerprint density at radius 1 is 1.45 bits per heavy atom. The number of rotatable bonds is 4. The molecule has 0 spiro atoms. The van der Waals surface area contributed by atoms with Crippen LogP contribution in [0.2, 0.25) is 18.1 Å². The van der Waals surface area contributed by atoms with E-state index < -0.39 is 19.6 Å². The van der Waals surface area contributed by atoms with Crippen LogP contribution >= 0.6 is 11.8 Å². The fourth-order valence-corrected chi connectivity index (χ4v) is 3.94. The van der Waals surface area contributed by atoms with Crippen LogP contribution in [0.15, 0.2) is 21.9 Å². The normalized spacial score (nSPS) is 23.0. The van der Waals surface area contributed by atoms with Gasteiger partial charge in [0.15, 0.2) is 8.32 Å². The SMILES string of the molecule is CC(C)(C)[Si](C)(C)OC[C@H]1O[C@@H](n2ccc(=O)[nH]c2=O)CS1. The summed E-state index contributed by atoms with van der Waals surface area (Å²) in [7, 11) is -1.80. The molecule has 1 N–H and O–H groups in total. The minimum Gasteiger partial charge on any atom is -0.413 e. The molecular weight excluding hydrogens is 320 g/mol. The van der Waals surface area contributed by atoms with Gasteiger partial charge in [0.2, 0.25) is 0 Å². The van der Waals surface area contributed by atoms with Crippen molar-refractivity contribution in [1.82, 2.24) is 9.55 Å². The minimum atomic E-state index is -1.80. The van der Waals surface area contributed by atoms with Crippen molar-refractivity contribution in [3.8, 4) is 0 Å². The van der Waals surface area contributed by atoms with E-state index in [9.17, 15) is 9.59 Å². The number of thioether (sulfide) groups is 1. The zero-order valence-corrected chi connectivity index (χ0v) is 15.5. The van der Waals surface area contributed by atoms with Crippen LogP contribution in [0.4, 0.5) is 0 Å². The highest BCUT2D eigenvalue weighted by molar-refractivity contribution is 8.00. The van der Waals surface area contributed by atoms with Crippen molar-refractivity contribution in [3.63, 3.8) is 0 Å². The third-order valence-electron chi connectivity index (χ3n) is 4.28. The van der Waals surface area contributed by atoms with Gasteiger partial charge in [-0.3, -0.25) is 14.3 Å². The van der Waals surface area contributed by atoms with Crippen molar-refractivity contribution in [1.29, 1.82) is 0 Å². The molecule has 0 aliphatic carbocycles. The first kappa shape index (κ1) is 17.5. The zero-order chi connectivity index (χ0) is 16.5. The summed E-state index contributed by atoms with van der Waals surface area (Å²) in [6.45, 7) is 11.5. The summed E-state index contributed by atoms with van der Waals surface area (Å²) in [6.07, 6.45) is 1.12. The predicted octanol–water partition coefficient (Wildman–Crippen LogP) is 2.15. The Labute approximate surface area is 135 Å². The molecule has 1 aromatic heterocycles. The topological polar surface area (TPSA) is 73.3 Å². The first-order valence-corrected chi connectivity index (χ1v) is 11.3. The number of hydrogen-bond acceptors (Lipinski definition) is 5. The van der Waals surface area contributed by atoms with Crippen molar-refractivity contribution in [2.24, 2.45) is 0 Å². The Balaban J connectivity index is 1.96. The molecule has 0 unspecified atom stereocenters. The van der Waals surface area contributed by atoms with Crippen LogP contribution in [0.5, 0.6) is 0 Å². The number of H-pyrrole nitrogens is 1. The van der Waals surface area contributed by atoms with Crippen LogP contribution in [0.25, 0.3) is 0 Å². The smallest absolute Gasteiger partial charge is 0.330 e. The molecule has 6 nitrogen and oxygen atoms in total. The zero-order valence-electron chi connectivity index (χ0n) is 13.7. The maximum atomic E-state index is 11.8. The van der Waals surface area contributed by atoms with Gasteiger partial charge in [-0.2, -0.15) is 0 Å². The first-order chi connectivity index (χ1) is 10.1. The fourth-order valence-electron chi connectivity index (χ4n) is 1.82. The second-order valence-electron chi connectivity index (χ2n) is 6.94. The van der Waals surface area contributed by atoms with Gasteiger partial charge in [0.05, 0.1) is 6.61 Å². The standard InChI is InChI=1S/C14H24N2O4SSi/c1-14(2,3)22(4,5)19-8-12-20-11(9-21-12)16-7-6-10(17)15-13(16)18/h6-7,11-12H,8-9H2,1-5H3,(H,15,17,18)/t11-,12+/m1/s1. The average molecular weight is 345 g/mol. The number of ether oxygens (including phenoxy) is 1. The van der Waals surface area contributed by atoms with E-state index in [1.165, 1.54) is 16.8 Å². The van der Waals surface area contributed by atoms with Crippen molar-refractivity contribution in [2.45, 2.75) is 50.6 Å². The maximum Gasteiger partial charge on any atom is 0.330 e. The lowest BCUT2D eigenvalue weighted by atomic mass is 10.2. The minimum absolute atomic E-state index is 0.0852. The van der Waals surface area contributed by atoms with E-state index in [0.29, 0.717) is 12.4 Å². The Bertz CT molecular complexity index is 635. The lowest BCUT2D eigenvalue weighted by Crippen LogP contribution is -2.42. The molecule has 22 heavy (non-hydrogen) atoms. The van der Waals surface area contributed by atoms with Crippen molar-refractivity contribution < 1.29 is 9.16 Å². The van der Waals surface area contributed by atoms with Gasteiger partial charge in [-0.15, -0.1) is 11.8 Å². The van der Waals surface area contributed by atoms with Crippen LogP contribution in [0.1, 0.15) is 27.0 Å². The Kier molecular flexibility index (Phi) is 5.05. The lowest BCUT2D eigenvalue weighted by Gasteiger charge is -2.36. The van der Waals surface area contributed by atoms with Gasteiger partial charge in [-0.05, 0) is 18.1 Å². The van der Waals surface area contributed by atoms with Crippen molar-refractivity contribution in [3.05, 3.63) is 33.1 Å². The van der Waals surface area contributed by atoms with E-state index in [2.05, 4.69) is 38.8 Å². The molecule has 0 amide bonds. The van der Waals surface area contributed by atoms with Crippen molar-refractivity contribution >= 4 is 20.1 Å². The number of nitrogens with one attached hydrogen (secondary N) is 1. The molecule has 1 aliphatic heterocycles. The van der Waals surface area contributed by atoms with Gasteiger partial charge in [0, 0.05) is 18.0 Å². The summed E-state index contributed by atoms with van der Waals surface area (Å²) >= 11 is 1.63. The highest BCUT2D eigenvalue weighted by atomic mass is 32.2. The van der Waals surface area contributed by atoms with Crippen molar-refractivity contribution in [2.75, 3.05) is 12.4 Å². The molecule has 2 heterocycles. The largest absolute Gasteiger partial charge is 0.413 e. The van der Waals surface area contributed by atoms with Crippen LogP contribution in [0.3, 0.4) is 0 Å². The monoisotopic (exact) mass is 344 g/mol. The number of nitrogens with zero attached hydrogens (tertiary/aromatic N) is 1. The van der Waals surface area contributed by atoms with Gasteiger partial charge >= 0.3 is 5.69 Å². The summed E-state index contributed by atoms with van der Waals surface area (Å²) in [5.74, 6) is 0.664. The van der Waals surface area contributed by atoms with Gasteiger partial charge in [0.25, 0.3) is 5.56 Å². The summed E-state index contributed by atoms with van der Waals surface area (Å²) < 4.78 is 13.5. The van der Waals surface area contributed by atoms with E-state index in [1.807, 2.05) is 0 Å². The van der Waals surface area contributed by atoms with E-state index in [1.54, 1.807) is 11.8 Å². The number of hydrogen-bond donors (Lipinski definition) is 1. The molecule has 1 aromatic rings. The molecular formula is C14H24N2O4SSi. The van der Waals surface area contributed by atoms with Gasteiger partial charge < -0.3 is 9.16 Å². The molecule has 2 atom stereocenters. The summed E-state index contributed by atoms with van der Waals surface area (Å²) in [5, 5.41) is 0.158. The quantitative estimate of drug-likeness (QED) is 0.847. The molecule has 0 bridgehead atoms. The van der Waals surface area contributed by atoms with E-state index in [-0.39, 0.29) is 16.7 Å². The second-order valence-corrected chi connectivity index (χ2v) is 12.9. The van der Waals surface area contributed by atoms with E-state index >= 15 is 0 Å². The highest BCUT2D eigenvalue weighted by Crippen LogP contribution is 2.38. The van der Waals surface area contributed by atoms with Crippen LogP contribution < -0.4 is 11.2 Å². The molecule has 0 aromatic carbocycles.